The lowest BCUT2D eigenvalue weighted by atomic mass is 10.1. The number of rotatable bonds is 5. The smallest absolute Gasteiger partial charge is 0.321 e. The summed E-state index contributed by atoms with van der Waals surface area (Å²) in [4.78, 5) is 13.9. The van der Waals surface area contributed by atoms with Crippen LogP contribution in [0.5, 0.6) is 5.75 Å². The number of benzene rings is 2. The first kappa shape index (κ1) is 17.9. The number of hydrogen-bond donors (Lipinski definition) is 2. The highest BCUT2D eigenvalue weighted by Crippen LogP contribution is 2.25. The predicted octanol–water partition coefficient (Wildman–Crippen LogP) is 4.18. The SMILES string of the molecule is Cc1cc(OCNC(=O)Nc2cccc(N(C)C)c2)cc(C)c1Cl. The van der Waals surface area contributed by atoms with Gasteiger partial charge < -0.3 is 20.3 Å². The average molecular weight is 348 g/mol. The largest absolute Gasteiger partial charge is 0.473 e. The fourth-order valence-electron chi connectivity index (χ4n) is 2.21. The van der Waals surface area contributed by atoms with Gasteiger partial charge in [0.2, 0.25) is 0 Å². The lowest BCUT2D eigenvalue weighted by molar-refractivity contribution is 0.234. The van der Waals surface area contributed by atoms with Crippen LogP contribution in [0.4, 0.5) is 16.2 Å². The molecule has 0 spiro atoms. The molecule has 0 aromatic heterocycles. The summed E-state index contributed by atoms with van der Waals surface area (Å²) in [6.45, 7) is 3.90. The van der Waals surface area contributed by atoms with Gasteiger partial charge in [0.15, 0.2) is 6.73 Å². The number of halogens is 1. The fraction of sp³-hybridized carbons (Fsp3) is 0.278. The van der Waals surface area contributed by atoms with E-state index in [9.17, 15) is 4.79 Å². The quantitative estimate of drug-likeness (QED) is 0.798. The highest BCUT2D eigenvalue weighted by molar-refractivity contribution is 6.32. The fourth-order valence-corrected chi connectivity index (χ4v) is 2.32. The Morgan fingerprint density at radius 2 is 1.83 bits per heavy atom. The maximum absolute atomic E-state index is 11.9. The van der Waals surface area contributed by atoms with Crippen molar-refractivity contribution in [2.24, 2.45) is 0 Å². The molecule has 24 heavy (non-hydrogen) atoms. The molecule has 2 amide bonds. The van der Waals surface area contributed by atoms with E-state index in [1.807, 2.05) is 69.2 Å². The van der Waals surface area contributed by atoms with Gasteiger partial charge in [-0.2, -0.15) is 0 Å². The third-order valence-corrected chi connectivity index (χ3v) is 4.10. The van der Waals surface area contributed by atoms with Crippen LogP contribution in [-0.2, 0) is 0 Å². The summed E-state index contributed by atoms with van der Waals surface area (Å²) in [5.74, 6) is 0.671. The maximum Gasteiger partial charge on any atom is 0.321 e. The van der Waals surface area contributed by atoms with E-state index in [4.69, 9.17) is 16.3 Å². The summed E-state index contributed by atoms with van der Waals surface area (Å²) in [5, 5.41) is 6.17. The van der Waals surface area contributed by atoms with Gasteiger partial charge in [-0.25, -0.2) is 4.79 Å². The van der Waals surface area contributed by atoms with Crippen molar-refractivity contribution >= 4 is 29.0 Å². The minimum Gasteiger partial charge on any atom is -0.473 e. The third kappa shape index (κ3) is 4.80. The van der Waals surface area contributed by atoms with Crippen LogP contribution >= 0.6 is 11.6 Å². The summed E-state index contributed by atoms with van der Waals surface area (Å²) >= 11 is 6.12. The Hall–Kier alpha value is -2.40. The lowest BCUT2D eigenvalue weighted by Crippen LogP contribution is -2.32. The Balaban J connectivity index is 1.86. The summed E-state index contributed by atoms with van der Waals surface area (Å²) in [6, 6.07) is 10.9. The molecule has 5 nitrogen and oxygen atoms in total. The van der Waals surface area contributed by atoms with E-state index in [-0.39, 0.29) is 12.8 Å². The first-order chi connectivity index (χ1) is 11.4. The van der Waals surface area contributed by atoms with Crippen molar-refractivity contribution in [3.8, 4) is 5.75 Å². The third-order valence-electron chi connectivity index (χ3n) is 3.50. The lowest BCUT2D eigenvalue weighted by Gasteiger charge is -2.14. The molecule has 2 N–H and O–H groups in total. The number of carbonyl (C=O) groups excluding carboxylic acids is 1. The Morgan fingerprint density at radius 1 is 1.17 bits per heavy atom. The van der Waals surface area contributed by atoms with E-state index >= 15 is 0 Å². The highest BCUT2D eigenvalue weighted by Gasteiger charge is 2.05. The number of carbonyl (C=O) groups is 1. The molecule has 0 atom stereocenters. The van der Waals surface area contributed by atoms with E-state index in [2.05, 4.69) is 10.6 Å². The van der Waals surface area contributed by atoms with Crippen molar-refractivity contribution < 1.29 is 9.53 Å². The number of urea groups is 1. The number of anilines is 2. The van der Waals surface area contributed by atoms with Gasteiger partial charge in [-0.15, -0.1) is 0 Å². The number of nitrogens with one attached hydrogen (secondary N) is 2. The molecule has 0 saturated heterocycles. The summed E-state index contributed by atoms with van der Waals surface area (Å²) in [5.41, 5.74) is 3.61. The monoisotopic (exact) mass is 347 g/mol. The second-order valence-corrected chi connectivity index (χ2v) is 6.11. The van der Waals surface area contributed by atoms with Gasteiger partial charge in [-0.3, -0.25) is 0 Å². The molecule has 6 heteroatoms. The van der Waals surface area contributed by atoms with Crippen LogP contribution in [0.2, 0.25) is 5.02 Å². The Kier molecular flexibility index (Phi) is 5.93. The van der Waals surface area contributed by atoms with Crippen LogP contribution in [0, 0.1) is 13.8 Å². The van der Waals surface area contributed by atoms with Crippen molar-refractivity contribution in [3.63, 3.8) is 0 Å². The zero-order valence-electron chi connectivity index (χ0n) is 14.3. The van der Waals surface area contributed by atoms with Crippen LogP contribution in [0.15, 0.2) is 36.4 Å². The second-order valence-electron chi connectivity index (χ2n) is 5.74. The van der Waals surface area contributed by atoms with Gasteiger partial charge >= 0.3 is 6.03 Å². The molecule has 0 unspecified atom stereocenters. The normalized spacial score (nSPS) is 10.2. The Bertz CT molecular complexity index is 709. The van der Waals surface area contributed by atoms with Crippen LogP contribution in [0.25, 0.3) is 0 Å². The maximum atomic E-state index is 11.9. The summed E-state index contributed by atoms with van der Waals surface area (Å²) in [6.07, 6.45) is 0. The molecule has 0 radical (unpaired) electrons. The first-order valence-corrected chi connectivity index (χ1v) is 7.96. The van der Waals surface area contributed by atoms with E-state index in [0.717, 1.165) is 27.5 Å². The average Bonchev–Trinajstić information content (AvgIpc) is 2.52. The number of ether oxygens (including phenoxy) is 1. The molecule has 0 aliphatic carbocycles. The van der Waals surface area contributed by atoms with E-state index in [1.165, 1.54) is 0 Å². The second kappa shape index (κ2) is 7.93. The number of amides is 2. The van der Waals surface area contributed by atoms with Crippen LogP contribution in [0.3, 0.4) is 0 Å². The molecule has 0 fully saturated rings. The highest BCUT2D eigenvalue weighted by atomic mass is 35.5. The zero-order valence-corrected chi connectivity index (χ0v) is 15.1. The van der Waals surface area contributed by atoms with Crippen molar-refractivity contribution in [3.05, 3.63) is 52.5 Å². The minimum atomic E-state index is -0.326. The molecule has 0 aliphatic heterocycles. The first-order valence-electron chi connectivity index (χ1n) is 7.58. The molecule has 2 rings (SSSR count). The number of aryl methyl sites for hydroxylation is 2. The summed E-state index contributed by atoms with van der Waals surface area (Å²) in [7, 11) is 3.90. The van der Waals surface area contributed by atoms with Crippen LogP contribution in [0.1, 0.15) is 11.1 Å². The van der Waals surface area contributed by atoms with E-state index in [0.29, 0.717) is 5.75 Å². The zero-order chi connectivity index (χ0) is 17.7. The van der Waals surface area contributed by atoms with Gasteiger partial charge in [-0.05, 0) is 55.3 Å². The van der Waals surface area contributed by atoms with Crippen molar-refractivity contribution in [2.75, 3.05) is 31.0 Å². The van der Waals surface area contributed by atoms with Crippen molar-refractivity contribution in [1.29, 1.82) is 0 Å². The topological polar surface area (TPSA) is 53.6 Å². The van der Waals surface area contributed by atoms with Gasteiger partial charge in [0.05, 0.1) is 0 Å². The Morgan fingerprint density at radius 3 is 2.46 bits per heavy atom. The molecular formula is C18H22ClN3O2. The van der Waals surface area contributed by atoms with Gasteiger partial charge in [0, 0.05) is 30.5 Å². The molecule has 0 saturated carbocycles. The van der Waals surface area contributed by atoms with E-state index in [1.54, 1.807) is 0 Å². The molecule has 0 heterocycles. The molecule has 2 aromatic rings. The van der Waals surface area contributed by atoms with Crippen LogP contribution < -0.4 is 20.3 Å². The molecule has 0 bridgehead atoms. The number of nitrogens with zero attached hydrogens (tertiary/aromatic N) is 1. The standard InChI is InChI=1S/C18H22ClN3O2/c1-12-8-16(9-13(2)17(12)19)24-11-20-18(23)21-14-6-5-7-15(10-14)22(3)4/h5-10H,11H2,1-4H3,(H2,20,21,23). The van der Waals surface area contributed by atoms with Crippen molar-refractivity contribution in [1.82, 2.24) is 5.32 Å². The predicted molar refractivity (Wildman–Crippen MR) is 99.3 cm³/mol. The summed E-state index contributed by atoms with van der Waals surface area (Å²) < 4.78 is 5.55. The van der Waals surface area contributed by atoms with Gasteiger partial charge in [0.1, 0.15) is 5.75 Å². The molecule has 0 aliphatic rings. The minimum absolute atomic E-state index is 0.0692. The Labute approximate surface area is 147 Å². The molecular weight excluding hydrogens is 326 g/mol. The van der Waals surface area contributed by atoms with Gasteiger partial charge in [0.25, 0.3) is 0 Å². The van der Waals surface area contributed by atoms with Crippen LogP contribution in [-0.4, -0.2) is 26.9 Å². The molecule has 2 aromatic carbocycles. The van der Waals surface area contributed by atoms with Crippen molar-refractivity contribution in [2.45, 2.75) is 13.8 Å². The van der Waals surface area contributed by atoms with Gasteiger partial charge in [-0.1, -0.05) is 17.7 Å². The van der Waals surface area contributed by atoms with E-state index < -0.39 is 0 Å². The molecule has 128 valence electrons. The number of hydrogen-bond acceptors (Lipinski definition) is 3.